The molecule has 19 heavy (non-hydrogen) atoms. The average Bonchev–Trinajstić information content (AvgIpc) is 2.97. The maximum absolute atomic E-state index is 4.56. The summed E-state index contributed by atoms with van der Waals surface area (Å²) in [6.07, 6.45) is 6.54. The third kappa shape index (κ3) is 1.95. The summed E-state index contributed by atoms with van der Waals surface area (Å²) in [5, 5.41) is 7.34. The minimum atomic E-state index is 0.611. The van der Waals surface area contributed by atoms with Crippen molar-refractivity contribution in [2.24, 2.45) is 0 Å². The quantitative estimate of drug-likeness (QED) is 0.776. The number of nitrogens with one attached hydrogen (secondary N) is 1. The van der Waals surface area contributed by atoms with E-state index in [1.165, 1.54) is 12.8 Å². The monoisotopic (exact) mass is 250 g/mol. The largest absolute Gasteiger partial charge is 0.324 e. The van der Waals surface area contributed by atoms with Gasteiger partial charge in [-0.25, -0.2) is 4.98 Å². The molecule has 1 fully saturated rings. The third-order valence-electron chi connectivity index (χ3n) is 3.49. The lowest BCUT2D eigenvalue weighted by Crippen LogP contribution is -1.89. The highest BCUT2D eigenvalue weighted by atomic mass is 15.2. The molecule has 1 aliphatic rings. The molecule has 0 amide bonds. The zero-order valence-electron chi connectivity index (χ0n) is 10.5. The Morgan fingerprint density at radius 3 is 2.47 bits per heavy atom. The first-order valence-corrected chi connectivity index (χ1v) is 6.56. The fourth-order valence-electron chi connectivity index (χ4n) is 2.23. The van der Waals surface area contributed by atoms with Gasteiger partial charge < -0.3 is 4.57 Å². The van der Waals surface area contributed by atoms with Crippen molar-refractivity contribution in [3.63, 3.8) is 0 Å². The first-order chi connectivity index (χ1) is 9.40. The van der Waals surface area contributed by atoms with Gasteiger partial charge in [0.1, 0.15) is 5.82 Å². The topological polar surface area (TPSA) is 46.5 Å². The summed E-state index contributed by atoms with van der Waals surface area (Å²) >= 11 is 0. The van der Waals surface area contributed by atoms with Crippen LogP contribution in [-0.4, -0.2) is 19.7 Å². The minimum absolute atomic E-state index is 0.611. The van der Waals surface area contributed by atoms with Crippen LogP contribution >= 0.6 is 0 Å². The molecule has 1 aromatic carbocycles. The second-order valence-electron chi connectivity index (χ2n) is 4.96. The van der Waals surface area contributed by atoms with Crippen molar-refractivity contribution in [2.45, 2.75) is 18.8 Å². The molecule has 4 rings (SSSR count). The summed E-state index contributed by atoms with van der Waals surface area (Å²) in [5.41, 5.74) is 2.20. The Morgan fingerprint density at radius 1 is 1.05 bits per heavy atom. The van der Waals surface area contributed by atoms with Crippen molar-refractivity contribution >= 4 is 0 Å². The summed E-state index contributed by atoms with van der Waals surface area (Å²) in [6.45, 7) is 0. The van der Waals surface area contributed by atoms with Crippen LogP contribution in [0.4, 0.5) is 0 Å². The lowest BCUT2D eigenvalue weighted by molar-refractivity contribution is 0.935. The van der Waals surface area contributed by atoms with Gasteiger partial charge in [0.25, 0.3) is 0 Å². The van der Waals surface area contributed by atoms with Crippen LogP contribution in [0.3, 0.4) is 0 Å². The molecular weight excluding hydrogens is 236 g/mol. The highest BCUT2D eigenvalue weighted by Crippen LogP contribution is 2.38. The second kappa shape index (κ2) is 4.09. The lowest BCUT2D eigenvalue weighted by atomic mass is 10.2. The highest BCUT2D eigenvalue weighted by molar-refractivity contribution is 5.57. The number of aromatic amines is 1. The molecule has 3 aromatic rings. The number of rotatable bonds is 3. The Kier molecular flexibility index (Phi) is 2.27. The third-order valence-corrected chi connectivity index (χ3v) is 3.49. The number of hydrogen-bond donors (Lipinski definition) is 1. The number of benzene rings is 1. The van der Waals surface area contributed by atoms with E-state index in [0.717, 1.165) is 22.9 Å². The molecule has 0 spiro atoms. The average molecular weight is 250 g/mol. The van der Waals surface area contributed by atoms with Gasteiger partial charge in [0.05, 0.1) is 0 Å². The van der Waals surface area contributed by atoms with Crippen LogP contribution in [-0.2, 0) is 0 Å². The molecule has 1 N–H and O–H groups in total. The van der Waals surface area contributed by atoms with Crippen molar-refractivity contribution in [1.29, 1.82) is 0 Å². The Morgan fingerprint density at radius 2 is 1.79 bits per heavy atom. The maximum Gasteiger partial charge on any atom is 0.181 e. The van der Waals surface area contributed by atoms with Crippen molar-refractivity contribution in [2.75, 3.05) is 0 Å². The Bertz CT molecular complexity index is 675. The standard InChI is InChI=1S/C15H14N4/c1-2-10-19(9-1)13-7-5-12(6-8-13)15-16-14(17-18-15)11-3-4-11/h1-2,5-11H,3-4H2,(H,16,17,18). The van der Waals surface area contributed by atoms with Gasteiger partial charge in [-0.3, -0.25) is 5.10 Å². The van der Waals surface area contributed by atoms with Crippen LogP contribution in [0.15, 0.2) is 48.8 Å². The van der Waals surface area contributed by atoms with Gasteiger partial charge in [-0.15, -0.1) is 0 Å². The number of hydrogen-bond acceptors (Lipinski definition) is 2. The van der Waals surface area contributed by atoms with Gasteiger partial charge >= 0.3 is 0 Å². The summed E-state index contributed by atoms with van der Waals surface area (Å²) in [5.74, 6) is 2.44. The van der Waals surface area contributed by atoms with Crippen molar-refractivity contribution in [3.05, 3.63) is 54.6 Å². The van der Waals surface area contributed by atoms with Crippen molar-refractivity contribution in [1.82, 2.24) is 19.7 Å². The van der Waals surface area contributed by atoms with E-state index in [0.29, 0.717) is 5.92 Å². The highest BCUT2D eigenvalue weighted by Gasteiger charge is 2.27. The molecular formula is C15H14N4. The number of H-pyrrole nitrogens is 1. The van der Waals surface area contributed by atoms with Gasteiger partial charge in [-0.2, -0.15) is 5.10 Å². The molecule has 0 bridgehead atoms. The van der Waals surface area contributed by atoms with Gasteiger partial charge in [0.2, 0.25) is 0 Å². The molecule has 0 aliphatic heterocycles. The number of aromatic nitrogens is 4. The van der Waals surface area contributed by atoms with E-state index in [2.05, 4.69) is 44.0 Å². The molecule has 2 heterocycles. The SMILES string of the molecule is c1ccn(-c2ccc(-c3n[nH]c(C4CC4)n3)cc2)c1. The maximum atomic E-state index is 4.56. The van der Waals surface area contributed by atoms with Crippen molar-refractivity contribution in [3.8, 4) is 17.1 Å². The molecule has 1 aliphatic carbocycles. The molecule has 4 nitrogen and oxygen atoms in total. The molecule has 0 unspecified atom stereocenters. The first-order valence-electron chi connectivity index (χ1n) is 6.56. The van der Waals surface area contributed by atoms with Crippen LogP contribution in [0, 0.1) is 0 Å². The molecule has 2 aromatic heterocycles. The first kappa shape index (κ1) is 10.6. The summed E-state index contributed by atoms with van der Waals surface area (Å²) in [7, 11) is 0. The van der Waals surface area contributed by atoms with Gasteiger partial charge in [0.15, 0.2) is 5.82 Å². The normalized spacial score (nSPS) is 14.7. The van der Waals surface area contributed by atoms with Crippen LogP contribution in [0.25, 0.3) is 17.1 Å². The molecule has 94 valence electrons. The van der Waals surface area contributed by atoms with E-state index in [1.807, 2.05) is 24.5 Å². The zero-order valence-corrected chi connectivity index (χ0v) is 10.5. The molecule has 4 heteroatoms. The molecule has 1 saturated carbocycles. The van der Waals surface area contributed by atoms with E-state index in [4.69, 9.17) is 0 Å². The fourth-order valence-corrected chi connectivity index (χ4v) is 2.23. The van der Waals surface area contributed by atoms with E-state index >= 15 is 0 Å². The summed E-state index contributed by atoms with van der Waals surface area (Å²) in [6, 6.07) is 12.3. The van der Waals surface area contributed by atoms with E-state index in [9.17, 15) is 0 Å². The summed E-state index contributed by atoms with van der Waals surface area (Å²) in [4.78, 5) is 4.56. The number of nitrogens with zero attached hydrogens (tertiary/aromatic N) is 3. The summed E-state index contributed by atoms with van der Waals surface area (Å²) < 4.78 is 2.08. The van der Waals surface area contributed by atoms with Gasteiger partial charge in [-0.05, 0) is 49.2 Å². The van der Waals surface area contributed by atoms with Gasteiger partial charge in [0, 0.05) is 29.6 Å². The Balaban J connectivity index is 1.64. The lowest BCUT2D eigenvalue weighted by Gasteiger charge is -2.03. The smallest absolute Gasteiger partial charge is 0.181 e. The van der Waals surface area contributed by atoms with Crippen LogP contribution < -0.4 is 0 Å². The van der Waals surface area contributed by atoms with Crippen LogP contribution in [0.1, 0.15) is 24.6 Å². The predicted molar refractivity (Wildman–Crippen MR) is 73.1 cm³/mol. The predicted octanol–water partition coefficient (Wildman–Crippen LogP) is 3.14. The molecule has 0 radical (unpaired) electrons. The van der Waals surface area contributed by atoms with Crippen LogP contribution in [0.2, 0.25) is 0 Å². The Labute approximate surface area is 111 Å². The van der Waals surface area contributed by atoms with E-state index in [1.54, 1.807) is 0 Å². The zero-order chi connectivity index (χ0) is 12.7. The van der Waals surface area contributed by atoms with E-state index in [-0.39, 0.29) is 0 Å². The van der Waals surface area contributed by atoms with Gasteiger partial charge in [-0.1, -0.05) is 0 Å². The molecule has 0 atom stereocenters. The van der Waals surface area contributed by atoms with Crippen LogP contribution in [0.5, 0.6) is 0 Å². The fraction of sp³-hybridized carbons (Fsp3) is 0.200. The molecule has 0 saturated heterocycles. The van der Waals surface area contributed by atoms with E-state index < -0.39 is 0 Å². The Hall–Kier alpha value is -2.36. The minimum Gasteiger partial charge on any atom is -0.324 e. The van der Waals surface area contributed by atoms with Crippen molar-refractivity contribution < 1.29 is 0 Å². The second-order valence-corrected chi connectivity index (χ2v) is 4.96.